The first-order chi connectivity index (χ1) is 10.6. The van der Waals surface area contributed by atoms with Crippen LogP contribution < -0.4 is 9.46 Å². The Kier molecular flexibility index (Phi) is 7.04. The number of sulfonamides is 1. The Morgan fingerprint density at radius 1 is 1.30 bits per heavy atom. The Morgan fingerprint density at radius 2 is 1.96 bits per heavy atom. The van der Waals surface area contributed by atoms with E-state index in [0.29, 0.717) is 12.4 Å². The summed E-state index contributed by atoms with van der Waals surface area (Å²) >= 11 is 0. The Labute approximate surface area is 140 Å². The second-order valence-corrected chi connectivity index (χ2v) is 8.55. The highest BCUT2D eigenvalue weighted by Crippen LogP contribution is 2.31. The van der Waals surface area contributed by atoms with Crippen LogP contribution in [0.25, 0.3) is 0 Å². The summed E-state index contributed by atoms with van der Waals surface area (Å²) in [4.78, 5) is 0.127. The molecule has 1 aromatic rings. The molecule has 1 aromatic carbocycles. The fourth-order valence-electron chi connectivity index (χ4n) is 1.94. The van der Waals surface area contributed by atoms with Crippen LogP contribution >= 0.6 is 0 Å². The minimum absolute atomic E-state index is 0.0313. The summed E-state index contributed by atoms with van der Waals surface area (Å²) in [7, 11) is -3.74. The van der Waals surface area contributed by atoms with Crippen molar-refractivity contribution in [2.45, 2.75) is 63.9 Å². The van der Waals surface area contributed by atoms with Gasteiger partial charge in [-0.15, -0.1) is 0 Å². The molecule has 5 nitrogen and oxygen atoms in total. The topological polar surface area (TPSA) is 75.6 Å². The molecule has 0 radical (unpaired) electrons. The number of rotatable bonds is 8. The van der Waals surface area contributed by atoms with Gasteiger partial charge in [0.15, 0.2) is 0 Å². The molecular weight excluding hydrogens is 314 g/mol. The first-order valence-corrected chi connectivity index (χ1v) is 9.51. The SMILES string of the molecule is CCCCOc1ccc(C(C)(C)C)cc1S(=O)(=O)NC[C@@H](C)O. The number of aliphatic hydroxyl groups excluding tert-OH is 1. The van der Waals surface area contributed by atoms with Crippen LogP contribution in [-0.2, 0) is 15.4 Å². The number of aliphatic hydroxyl groups is 1. The van der Waals surface area contributed by atoms with Gasteiger partial charge in [-0.25, -0.2) is 13.1 Å². The maximum atomic E-state index is 12.6. The van der Waals surface area contributed by atoms with E-state index in [4.69, 9.17) is 4.74 Å². The lowest BCUT2D eigenvalue weighted by atomic mass is 9.87. The molecule has 0 fully saturated rings. The molecule has 132 valence electrons. The predicted molar refractivity (Wildman–Crippen MR) is 92.4 cm³/mol. The van der Waals surface area contributed by atoms with Crippen molar-refractivity contribution >= 4 is 10.0 Å². The van der Waals surface area contributed by atoms with E-state index in [9.17, 15) is 13.5 Å². The molecule has 0 unspecified atom stereocenters. The highest BCUT2D eigenvalue weighted by atomic mass is 32.2. The van der Waals surface area contributed by atoms with Crippen LogP contribution in [0.4, 0.5) is 0 Å². The first kappa shape index (κ1) is 19.9. The van der Waals surface area contributed by atoms with E-state index in [1.807, 2.05) is 33.8 Å². The van der Waals surface area contributed by atoms with Crippen LogP contribution in [0, 0.1) is 0 Å². The van der Waals surface area contributed by atoms with Gasteiger partial charge in [0, 0.05) is 6.54 Å². The van der Waals surface area contributed by atoms with E-state index in [2.05, 4.69) is 4.72 Å². The highest BCUT2D eigenvalue weighted by Gasteiger charge is 2.24. The third-order valence-corrected chi connectivity index (χ3v) is 4.87. The molecule has 0 spiro atoms. The smallest absolute Gasteiger partial charge is 0.244 e. The number of unbranched alkanes of at least 4 members (excludes halogenated alkanes) is 1. The second-order valence-electron chi connectivity index (χ2n) is 6.81. The lowest BCUT2D eigenvalue weighted by Crippen LogP contribution is -2.31. The van der Waals surface area contributed by atoms with Gasteiger partial charge in [-0.05, 0) is 36.5 Å². The molecule has 0 amide bonds. The molecule has 1 rings (SSSR count). The number of ether oxygens (including phenoxy) is 1. The van der Waals surface area contributed by atoms with E-state index < -0.39 is 16.1 Å². The summed E-state index contributed by atoms with van der Waals surface area (Å²) in [5, 5.41) is 9.33. The molecule has 6 heteroatoms. The fourth-order valence-corrected chi connectivity index (χ4v) is 3.23. The molecule has 0 bridgehead atoms. The summed E-state index contributed by atoms with van der Waals surface area (Å²) in [6, 6.07) is 5.27. The van der Waals surface area contributed by atoms with Gasteiger partial charge >= 0.3 is 0 Å². The molecule has 0 heterocycles. The Bertz CT molecular complexity index is 604. The number of hydrogen-bond acceptors (Lipinski definition) is 4. The highest BCUT2D eigenvalue weighted by molar-refractivity contribution is 7.89. The molecule has 2 N–H and O–H groups in total. The summed E-state index contributed by atoms with van der Waals surface area (Å²) in [5.74, 6) is 0.351. The van der Waals surface area contributed by atoms with Gasteiger partial charge in [0.1, 0.15) is 10.6 Å². The standard InChI is InChI=1S/C17H29NO4S/c1-6-7-10-22-15-9-8-14(17(3,4)5)11-16(15)23(20,21)18-12-13(2)19/h8-9,11,13,18-19H,6-7,10,12H2,1-5H3/t13-/m1/s1. The quantitative estimate of drug-likeness (QED) is 0.712. The average Bonchev–Trinajstić information content (AvgIpc) is 2.44. The summed E-state index contributed by atoms with van der Waals surface area (Å²) in [6.07, 6.45) is 1.09. The van der Waals surface area contributed by atoms with Crippen LogP contribution in [0.2, 0.25) is 0 Å². The molecule has 23 heavy (non-hydrogen) atoms. The minimum atomic E-state index is -3.74. The third kappa shape index (κ3) is 6.12. The zero-order valence-corrected chi connectivity index (χ0v) is 15.5. The van der Waals surface area contributed by atoms with Crippen molar-refractivity contribution in [3.8, 4) is 5.75 Å². The predicted octanol–water partition coefficient (Wildman–Crippen LogP) is 2.82. The van der Waals surface area contributed by atoms with Gasteiger partial charge in [0.25, 0.3) is 0 Å². The van der Waals surface area contributed by atoms with Crippen molar-refractivity contribution < 1.29 is 18.3 Å². The van der Waals surface area contributed by atoms with E-state index in [1.165, 1.54) is 6.92 Å². The molecular formula is C17H29NO4S. The molecule has 0 aliphatic carbocycles. The van der Waals surface area contributed by atoms with Gasteiger partial charge in [0.2, 0.25) is 10.0 Å². The molecule has 0 saturated heterocycles. The first-order valence-electron chi connectivity index (χ1n) is 8.03. The maximum absolute atomic E-state index is 12.6. The van der Waals surface area contributed by atoms with Crippen LogP contribution in [0.1, 0.15) is 53.0 Å². The summed E-state index contributed by atoms with van der Waals surface area (Å²) in [6.45, 7) is 10.1. The number of benzene rings is 1. The average molecular weight is 343 g/mol. The lowest BCUT2D eigenvalue weighted by Gasteiger charge is -2.21. The van der Waals surface area contributed by atoms with Crippen molar-refractivity contribution in [3.63, 3.8) is 0 Å². The third-order valence-electron chi connectivity index (χ3n) is 3.42. The van der Waals surface area contributed by atoms with Crippen LogP contribution in [0.5, 0.6) is 5.75 Å². The largest absolute Gasteiger partial charge is 0.492 e. The maximum Gasteiger partial charge on any atom is 0.244 e. The zero-order chi connectivity index (χ0) is 17.7. The van der Waals surface area contributed by atoms with Crippen molar-refractivity contribution in [1.29, 1.82) is 0 Å². The van der Waals surface area contributed by atoms with Gasteiger partial charge in [-0.3, -0.25) is 0 Å². The van der Waals surface area contributed by atoms with E-state index in [1.54, 1.807) is 12.1 Å². The van der Waals surface area contributed by atoms with Gasteiger partial charge in [-0.1, -0.05) is 40.2 Å². The van der Waals surface area contributed by atoms with Gasteiger partial charge in [-0.2, -0.15) is 0 Å². The second kappa shape index (κ2) is 8.13. The van der Waals surface area contributed by atoms with Crippen LogP contribution in [0.3, 0.4) is 0 Å². The zero-order valence-electron chi connectivity index (χ0n) is 14.7. The van der Waals surface area contributed by atoms with E-state index >= 15 is 0 Å². The molecule has 1 atom stereocenters. The minimum Gasteiger partial charge on any atom is -0.492 e. The summed E-state index contributed by atoms with van der Waals surface area (Å²) in [5.41, 5.74) is 0.744. The van der Waals surface area contributed by atoms with Crippen molar-refractivity contribution in [2.24, 2.45) is 0 Å². The molecule has 0 saturated carbocycles. The van der Waals surface area contributed by atoms with E-state index in [0.717, 1.165) is 18.4 Å². The van der Waals surface area contributed by atoms with Crippen molar-refractivity contribution in [3.05, 3.63) is 23.8 Å². The van der Waals surface area contributed by atoms with Crippen LogP contribution in [0.15, 0.2) is 23.1 Å². The Hall–Kier alpha value is -1.11. The summed E-state index contributed by atoms with van der Waals surface area (Å²) < 4.78 is 33.2. The number of hydrogen-bond donors (Lipinski definition) is 2. The van der Waals surface area contributed by atoms with Gasteiger partial charge < -0.3 is 9.84 Å². The van der Waals surface area contributed by atoms with Gasteiger partial charge in [0.05, 0.1) is 12.7 Å². The Balaban J connectivity index is 3.21. The normalized spacial score (nSPS) is 13.8. The number of nitrogens with one attached hydrogen (secondary N) is 1. The van der Waals surface area contributed by atoms with Crippen molar-refractivity contribution in [1.82, 2.24) is 4.72 Å². The molecule has 0 aliphatic rings. The molecule has 0 aliphatic heterocycles. The van der Waals surface area contributed by atoms with Crippen molar-refractivity contribution in [2.75, 3.05) is 13.2 Å². The molecule has 0 aromatic heterocycles. The lowest BCUT2D eigenvalue weighted by molar-refractivity contribution is 0.198. The Morgan fingerprint density at radius 3 is 2.48 bits per heavy atom. The van der Waals surface area contributed by atoms with Crippen LogP contribution in [-0.4, -0.2) is 32.8 Å². The monoisotopic (exact) mass is 343 g/mol. The van der Waals surface area contributed by atoms with E-state index in [-0.39, 0.29) is 16.9 Å². The fraction of sp³-hybridized carbons (Fsp3) is 0.647.